The number of nitrogens with zero attached hydrogens (tertiary/aromatic N) is 1. The van der Waals surface area contributed by atoms with Crippen LogP contribution in [0.5, 0.6) is 0 Å². The van der Waals surface area contributed by atoms with Gasteiger partial charge >= 0.3 is 0 Å². The van der Waals surface area contributed by atoms with Gasteiger partial charge in [-0.1, -0.05) is 36.7 Å². The molecule has 0 spiro atoms. The number of hydrogen-bond acceptors (Lipinski definition) is 3. The molecule has 0 saturated heterocycles. The predicted molar refractivity (Wildman–Crippen MR) is 90.0 cm³/mol. The zero-order valence-electron chi connectivity index (χ0n) is 11.1. The first-order valence-electron chi connectivity index (χ1n) is 6.00. The molecule has 0 aliphatic rings. The van der Waals surface area contributed by atoms with Gasteiger partial charge in [0.25, 0.3) is 0 Å². The number of hydrogen-bond donors (Lipinski definition) is 1. The quantitative estimate of drug-likeness (QED) is 0.723. The maximum absolute atomic E-state index is 4.68. The van der Waals surface area contributed by atoms with Crippen LogP contribution in [-0.4, -0.2) is 4.98 Å². The van der Waals surface area contributed by atoms with Crippen LogP contribution < -0.4 is 5.32 Å². The van der Waals surface area contributed by atoms with Crippen LogP contribution in [0.4, 0.5) is 5.69 Å². The molecule has 0 atom stereocenters. The van der Waals surface area contributed by atoms with Crippen molar-refractivity contribution in [3.05, 3.63) is 43.2 Å². The Hall–Kier alpha value is -0.390. The Bertz CT molecular complexity index is 573. The predicted octanol–water partition coefficient (Wildman–Crippen LogP) is 5.58. The molecule has 1 N–H and O–H groups in total. The van der Waals surface area contributed by atoms with E-state index in [1.54, 1.807) is 11.3 Å². The molecule has 1 aromatic heterocycles. The summed E-state index contributed by atoms with van der Waals surface area (Å²) in [4.78, 5) is 4.68. The molecule has 102 valence electrons. The summed E-state index contributed by atoms with van der Waals surface area (Å²) in [5, 5.41) is 6.66. The van der Waals surface area contributed by atoms with Crippen LogP contribution in [0, 0.1) is 0 Å². The Morgan fingerprint density at radius 3 is 2.58 bits per heavy atom. The van der Waals surface area contributed by atoms with Crippen molar-refractivity contribution in [1.82, 2.24) is 4.98 Å². The molecule has 0 aliphatic carbocycles. The lowest BCUT2D eigenvalue weighted by molar-refractivity contribution is 0.571. The van der Waals surface area contributed by atoms with E-state index in [9.17, 15) is 0 Å². The van der Waals surface area contributed by atoms with Crippen LogP contribution in [0.2, 0.25) is 0 Å². The summed E-state index contributed by atoms with van der Waals surface area (Å²) >= 11 is 8.70. The fourth-order valence-corrected chi connectivity index (χ4v) is 3.69. The largest absolute Gasteiger partial charge is 0.378 e. The van der Waals surface area contributed by atoms with E-state index in [2.05, 4.69) is 68.3 Å². The summed E-state index contributed by atoms with van der Waals surface area (Å²) in [5.41, 5.74) is 2.35. The standard InChI is InChI=1S/C14H16Br2N2S/c1-14(2,3)12-8-19-13(18-12)7-17-11-5-4-9(15)6-10(11)16/h4-6,8,17H,7H2,1-3H3. The molecule has 2 aromatic rings. The van der Waals surface area contributed by atoms with Crippen molar-refractivity contribution < 1.29 is 0 Å². The SMILES string of the molecule is CC(C)(C)c1csc(CNc2ccc(Br)cc2Br)n1. The number of rotatable bonds is 3. The van der Waals surface area contributed by atoms with E-state index in [4.69, 9.17) is 0 Å². The zero-order chi connectivity index (χ0) is 14.0. The van der Waals surface area contributed by atoms with Gasteiger partial charge in [0.15, 0.2) is 0 Å². The summed E-state index contributed by atoms with van der Waals surface area (Å²) in [6.07, 6.45) is 0. The van der Waals surface area contributed by atoms with Crippen molar-refractivity contribution in [3.63, 3.8) is 0 Å². The van der Waals surface area contributed by atoms with E-state index in [0.29, 0.717) is 0 Å². The number of benzene rings is 1. The van der Waals surface area contributed by atoms with Gasteiger partial charge in [0, 0.05) is 25.4 Å². The number of nitrogens with one attached hydrogen (secondary N) is 1. The Morgan fingerprint density at radius 1 is 1.26 bits per heavy atom. The number of aromatic nitrogens is 1. The Morgan fingerprint density at radius 2 is 2.00 bits per heavy atom. The number of anilines is 1. The van der Waals surface area contributed by atoms with E-state index in [1.807, 2.05) is 18.2 Å². The molecule has 1 aromatic carbocycles. The highest BCUT2D eigenvalue weighted by atomic mass is 79.9. The molecule has 0 bridgehead atoms. The fraction of sp³-hybridized carbons (Fsp3) is 0.357. The van der Waals surface area contributed by atoms with E-state index >= 15 is 0 Å². The lowest BCUT2D eigenvalue weighted by Crippen LogP contribution is -2.11. The summed E-state index contributed by atoms with van der Waals surface area (Å²) in [6, 6.07) is 6.10. The summed E-state index contributed by atoms with van der Waals surface area (Å²) in [7, 11) is 0. The first-order chi connectivity index (χ1) is 8.86. The molecule has 19 heavy (non-hydrogen) atoms. The van der Waals surface area contributed by atoms with E-state index in [-0.39, 0.29) is 5.41 Å². The normalized spacial score (nSPS) is 11.6. The molecular weight excluding hydrogens is 388 g/mol. The van der Waals surface area contributed by atoms with Crippen molar-refractivity contribution in [3.8, 4) is 0 Å². The molecule has 0 aliphatic heterocycles. The molecule has 0 amide bonds. The number of thiazole rings is 1. The Labute approximate surface area is 134 Å². The van der Waals surface area contributed by atoms with E-state index in [0.717, 1.165) is 31.9 Å². The highest BCUT2D eigenvalue weighted by Gasteiger charge is 2.17. The first-order valence-corrected chi connectivity index (χ1v) is 8.46. The van der Waals surface area contributed by atoms with E-state index in [1.165, 1.54) is 0 Å². The van der Waals surface area contributed by atoms with Gasteiger partial charge in [-0.25, -0.2) is 4.98 Å². The third-order valence-corrected chi connectivity index (χ3v) is 4.68. The van der Waals surface area contributed by atoms with Crippen molar-refractivity contribution in [2.45, 2.75) is 32.7 Å². The van der Waals surface area contributed by atoms with Crippen molar-refractivity contribution in [2.24, 2.45) is 0 Å². The van der Waals surface area contributed by atoms with Crippen LogP contribution in [0.3, 0.4) is 0 Å². The van der Waals surface area contributed by atoms with Crippen LogP contribution in [0.25, 0.3) is 0 Å². The van der Waals surface area contributed by atoms with Gasteiger partial charge in [-0.05, 0) is 34.1 Å². The Balaban J connectivity index is 2.04. The topological polar surface area (TPSA) is 24.9 Å². The average molecular weight is 404 g/mol. The van der Waals surface area contributed by atoms with Gasteiger partial charge in [-0.3, -0.25) is 0 Å². The monoisotopic (exact) mass is 402 g/mol. The zero-order valence-corrected chi connectivity index (χ0v) is 15.1. The van der Waals surface area contributed by atoms with Crippen LogP contribution in [0.15, 0.2) is 32.5 Å². The molecule has 1 heterocycles. The highest BCUT2D eigenvalue weighted by molar-refractivity contribution is 9.11. The van der Waals surface area contributed by atoms with Crippen LogP contribution in [0.1, 0.15) is 31.5 Å². The fourth-order valence-electron chi connectivity index (χ4n) is 1.54. The van der Waals surface area contributed by atoms with Gasteiger partial charge < -0.3 is 5.32 Å². The Kier molecular flexibility index (Phi) is 4.69. The third-order valence-electron chi connectivity index (χ3n) is 2.68. The summed E-state index contributed by atoms with van der Waals surface area (Å²) in [5.74, 6) is 0. The molecule has 2 rings (SSSR count). The minimum Gasteiger partial charge on any atom is -0.378 e. The van der Waals surface area contributed by atoms with Crippen LogP contribution >= 0.6 is 43.2 Å². The van der Waals surface area contributed by atoms with Gasteiger partial charge in [-0.2, -0.15) is 0 Å². The molecule has 0 unspecified atom stereocenters. The van der Waals surface area contributed by atoms with Crippen LogP contribution in [-0.2, 0) is 12.0 Å². The second kappa shape index (κ2) is 5.94. The van der Waals surface area contributed by atoms with Gasteiger partial charge in [0.2, 0.25) is 0 Å². The van der Waals surface area contributed by atoms with Crippen molar-refractivity contribution in [1.29, 1.82) is 0 Å². The maximum Gasteiger partial charge on any atom is 0.112 e. The van der Waals surface area contributed by atoms with Crippen molar-refractivity contribution in [2.75, 3.05) is 5.32 Å². The van der Waals surface area contributed by atoms with E-state index < -0.39 is 0 Å². The number of halogens is 2. The van der Waals surface area contributed by atoms with Crippen molar-refractivity contribution >= 4 is 48.9 Å². The smallest absolute Gasteiger partial charge is 0.112 e. The molecule has 0 fully saturated rings. The average Bonchev–Trinajstić information content (AvgIpc) is 2.76. The molecule has 5 heteroatoms. The minimum absolute atomic E-state index is 0.118. The molecule has 0 radical (unpaired) electrons. The lowest BCUT2D eigenvalue weighted by atomic mass is 9.93. The highest BCUT2D eigenvalue weighted by Crippen LogP contribution is 2.28. The lowest BCUT2D eigenvalue weighted by Gasteiger charge is -2.14. The molecule has 2 nitrogen and oxygen atoms in total. The second-order valence-corrected chi connectivity index (χ2v) is 8.07. The third kappa shape index (κ3) is 4.04. The molecule has 0 saturated carbocycles. The van der Waals surface area contributed by atoms with Gasteiger partial charge in [0.05, 0.1) is 12.2 Å². The first kappa shape index (κ1) is 15.0. The van der Waals surface area contributed by atoms with Gasteiger partial charge in [0.1, 0.15) is 5.01 Å². The second-order valence-electron chi connectivity index (χ2n) is 5.35. The maximum atomic E-state index is 4.68. The summed E-state index contributed by atoms with van der Waals surface area (Å²) in [6.45, 7) is 7.31. The minimum atomic E-state index is 0.118. The van der Waals surface area contributed by atoms with Gasteiger partial charge in [-0.15, -0.1) is 11.3 Å². The molecular formula is C14H16Br2N2S. The summed E-state index contributed by atoms with van der Waals surface area (Å²) < 4.78 is 2.11.